The molecule has 0 saturated heterocycles. The van der Waals surface area contributed by atoms with E-state index in [-0.39, 0.29) is 11.8 Å². The Morgan fingerprint density at radius 2 is 1.77 bits per heavy atom. The topological polar surface area (TPSA) is 127 Å². The summed E-state index contributed by atoms with van der Waals surface area (Å²) < 4.78 is 24.5. The lowest BCUT2D eigenvalue weighted by atomic mass is 10.1. The summed E-state index contributed by atoms with van der Waals surface area (Å²) in [6.07, 6.45) is 1.05. The van der Waals surface area contributed by atoms with Gasteiger partial charge in [0.2, 0.25) is 0 Å². The molecule has 1 fully saturated rings. The molecule has 0 unspecified atom stereocenters. The second kappa shape index (κ2) is 8.11. The first-order chi connectivity index (χ1) is 14.4. The molecule has 31 heavy (non-hydrogen) atoms. The van der Waals surface area contributed by atoms with E-state index in [4.69, 9.17) is 5.73 Å². The highest BCUT2D eigenvalue weighted by molar-refractivity contribution is 7.94. The summed E-state index contributed by atoms with van der Waals surface area (Å²) in [6, 6.07) is 8.33. The van der Waals surface area contributed by atoms with Gasteiger partial charge in [0.05, 0.1) is 10.4 Å². The lowest BCUT2D eigenvalue weighted by Gasteiger charge is -2.26. The third kappa shape index (κ3) is 4.66. The zero-order chi connectivity index (χ0) is 23.0. The van der Waals surface area contributed by atoms with Crippen molar-refractivity contribution in [3.63, 3.8) is 0 Å². The monoisotopic (exact) mass is 445 g/mol. The predicted molar refractivity (Wildman–Crippen MR) is 123 cm³/mol. The van der Waals surface area contributed by atoms with Crippen LogP contribution in [0.2, 0.25) is 0 Å². The quantitative estimate of drug-likeness (QED) is 0.622. The Labute approximate surface area is 184 Å². The average Bonchev–Trinajstić information content (AvgIpc) is 3.48. The van der Waals surface area contributed by atoms with E-state index in [9.17, 15) is 13.2 Å². The second-order valence-electron chi connectivity index (χ2n) is 9.42. The highest BCUT2D eigenvalue weighted by Crippen LogP contribution is 2.55. The molecule has 0 atom stereocenters. The van der Waals surface area contributed by atoms with Crippen molar-refractivity contribution in [2.24, 2.45) is 5.92 Å². The Balaban J connectivity index is 1.85. The highest BCUT2D eigenvalue weighted by atomic mass is 32.2. The van der Waals surface area contributed by atoms with Gasteiger partial charge < -0.3 is 16.4 Å². The Morgan fingerprint density at radius 1 is 1.16 bits per heavy atom. The summed E-state index contributed by atoms with van der Waals surface area (Å²) >= 11 is 0. The highest BCUT2D eigenvalue weighted by Gasteiger charge is 2.60. The number of carbonyl (C=O) groups is 1. The molecule has 0 spiro atoms. The molecule has 4 N–H and O–H groups in total. The number of nitrogens with zero attached hydrogens (tertiary/aromatic N) is 2. The van der Waals surface area contributed by atoms with E-state index in [0.717, 1.165) is 0 Å². The Morgan fingerprint density at radius 3 is 2.29 bits per heavy atom. The van der Waals surface area contributed by atoms with Gasteiger partial charge >= 0.3 is 6.03 Å². The number of hydrogen-bond acceptors (Lipinski definition) is 6. The largest absolute Gasteiger partial charge is 0.384 e. The molecule has 168 valence electrons. The van der Waals surface area contributed by atoms with E-state index < -0.39 is 19.3 Å². The van der Waals surface area contributed by atoms with Crippen molar-refractivity contribution in [2.45, 2.75) is 57.0 Å². The van der Waals surface area contributed by atoms with Crippen molar-refractivity contribution in [1.29, 1.82) is 0 Å². The first-order valence-corrected chi connectivity index (χ1v) is 11.9. The van der Waals surface area contributed by atoms with Gasteiger partial charge in [-0.2, -0.15) is 0 Å². The number of amides is 2. The maximum absolute atomic E-state index is 13.2. The zero-order valence-corrected chi connectivity index (χ0v) is 19.5. The summed E-state index contributed by atoms with van der Waals surface area (Å²) in [7, 11) is -3.47. The van der Waals surface area contributed by atoms with Crippen molar-refractivity contribution < 1.29 is 13.2 Å². The van der Waals surface area contributed by atoms with Crippen LogP contribution < -0.4 is 16.4 Å². The van der Waals surface area contributed by atoms with E-state index in [1.807, 2.05) is 13.8 Å². The number of sulfone groups is 1. The van der Waals surface area contributed by atoms with Crippen molar-refractivity contribution in [3.05, 3.63) is 36.0 Å². The number of urea groups is 1. The molecule has 0 radical (unpaired) electrons. The predicted octanol–water partition coefficient (Wildman–Crippen LogP) is 3.71. The van der Waals surface area contributed by atoms with Gasteiger partial charge in [-0.1, -0.05) is 13.8 Å². The molecule has 1 saturated carbocycles. The maximum Gasteiger partial charge on any atom is 0.319 e. The van der Waals surface area contributed by atoms with Crippen LogP contribution >= 0.6 is 0 Å². The molecular formula is C22H31N5O3S. The van der Waals surface area contributed by atoms with Gasteiger partial charge in [0.15, 0.2) is 15.7 Å². The molecule has 0 aliphatic heterocycles. The van der Waals surface area contributed by atoms with E-state index in [2.05, 4.69) is 20.6 Å². The molecule has 1 aromatic carbocycles. The second-order valence-corrected chi connectivity index (χ2v) is 12.4. The molecule has 9 heteroatoms. The van der Waals surface area contributed by atoms with Gasteiger partial charge in [0.25, 0.3) is 0 Å². The van der Waals surface area contributed by atoms with E-state index in [0.29, 0.717) is 48.1 Å². The molecule has 0 bridgehead atoms. The van der Waals surface area contributed by atoms with Crippen LogP contribution in [0.3, 0.4) is 0 Å². The van der Waals surface area contributed by atoms with Crippen LogP contribution in [0.25, 0.3) is 11.4 Å². The molecule has 1 aromatic heterocycles. The van der Waals surface area contributed by atoms with Crippen LogP contribution in [-0.2, 0) is 14.6 Å². The number of anilines is 2. The van der Waals surface area contributed by atoms with Crippen LogP contribution in [0, 0.1) is 5.92 Å². The molecular weight excluding hydrogens is 414 g/mol. The summed E-state index contributed by atoms with van der Waals surface area (Å²) in [5.74, 6) is 0.951. The summed E-state index contributed by atoms with van der Waals surface area (Å²) in [5.41, 5.74) is 7.77. The number of nitrogens with two attached hydrogens (primary N) is 1. The van der Waals surface area contributed by atoms with Crippen LogP contribution in [0.4, 0.5) is 16.3 Å². The minimum atomic E-state index is -3.47. The van der Waals surface area contributed by atoms with Crippen LogP contribution in [-0.4, -0.2) is 35.7 Å². The number of rotatable bonds is 6. The smallest absolute Gasteiger partial charge is 0.319 e. The standard InChI is InChI=1S/C22H31N5O3S/c1-14(2)13-24-20(28)25-16-8-6-15(7-9-16)19-26-17(12-18(23)27-19)22(10-11-22)31(29,30)21(3,4)5/h6-9,12,14H,10-11,13H2,1-5H3,(H2,23,26,27)(H2,24,25,28). The van der Waals surface area contributed by atoms with Gasteiger partial charge in [0, 0.05) is 23.9 Å². The van der Waals surface area contributed by atoms with Crippen molar-refractivity contribution >= 4 is 27.4 Å². The third-order valence-electron chi connectivity index (χ3n) is 5.31. The number of nitrogens with one attached hydrogen (secondary N) is 2. The Hall–Kier alpha value is -2.68. The fourth-order valence-electron chi connectivity index (χ4n) is 3.37. The van der Waals surface area contributed by atoms with Crippen molar-refractivity contribution in [1.82, 2.24) is 15.3 Å². The van der Waals surface area contributed by atoms with Gasteiger partial charge in [-0.25, -0.2) is 23.2 Å². The number of benzene rings is 1. The number of hydrogen-bond donors (Lipinski definition) is 3. The molecule has 2 aromatic rings. The van der Waals surface area contributed by atoms with Gasteiger partial charge in [-0.15, -0.1) is 0 Å². The molecule has 2 amide bonds. The van der Waals surface area contributed by atoms with Crippen molar-refractivity contribution in [3.8, 4) is 11.4 Å². The summed E-state index contributed by atoms with van der Waals surface area (Å²) in [6.45, 7) is 9.74. The fraction of sp³-hybridized carbons (Fsp3) is 0.500. The van der Waals surface area contributed by atoms with Gasteiger partial charge in [-0.05, 0) is 63.8 Å². The van der Waals surface area contributed by atoms with Crippen LogP contribution in [0.1, 0.15) is 53.2 Å². The van der Waals surface area contributed by atoms with Crippen molar-refractivity contribution in [2.75, 3.05) is 17.6 Å². The molecule has 1 heterocycles. The molecule has 1 aliphatic rings. The number of aromatic nitrogens is 2. The van der Waals surface area contributed by atoms with E-state index in [1.54, 1.807) is 51.1 Å². The molecule has 3 rings (SSSR count). The lowest BCUT2D eigenvalue weighted by molar-refractivity contribution is 0.251. The normalized spacial score (nSPS) is 15.5. The SMILES string of the molecule is CC(C)CNC(=O)Nc1ccc(-c2nc(N)cc(C3(S(=O)(=O)C(C)(C)C)CC3)n2)cc1. The first kappa shape index (κ1) is 23.0. The minimum Gasteiger partial charge on any atom is -0.384 e. The summed E-state index contributed by atoms with van der Waals surface area (Å²) in [4.78, 5) is 20.8. The number of carbonyl (C=O) groups excluding carboxylic acids is 1. The summed E-state index contributed by atoms with van der Waals surface area (Å²) in [5, 5.41) is 5.57. The minimum absolute atomic E-state index is 0.227. The maximum atomic E-state index is 13.2. The third-order valence-corrected chi connectivity index (χ3v) is 8.57. The van der Waals surface area contributed by atoms with Gasteiger partial charge in [-0.3, -0.25) is 0 Å². The van der Waals surface area contributed by atoms with Crippen LogP contribution in [0.15, 0.2) is 30.3 Å². The van der Waals surface area contributed by atoms with Crippen LogP contribution in [0.5, 0.6) is 0 Å². The zero-order valence-electron chi connectivity index (χ0n) is 18.7. The molecule has 1 aliphatic carbocycles. The lowest BCUT2D eigenvalue weighted by Crippen LogP contribution is -2.38. The Bertz CT molecular complexity index is 1070. The Kier molecular flexibility index (Phi) is 6.01. The molecule has 8 nitrogen and oxygen atoms in total. The fourth-order valence-corrected chi connectivity index (χ4v) is 5.56. The van der Waals surface area contributed by atoms with Gasteiger partial charge in [0.1, 0.15) is 10.6 Å². The van der Waals surface area contributed by atoms with E-state index in [1.165, 1.54) is 0 Å². The number of nitrogen functional groups attached to an aromatic ring is 1. The average molecular weight is 446 g/mol. The van der Waals surface area contributed by atoms with E-state index >= 15 is 0 Å². The first-order valence-electron chi connectivity index (χ1n) is 10.4.